The number of benzene rings is 2. The van der Waals surface area contributed by atoms with Gasteiger partial charge >= 0.3 is 0 Å². The van der Waals surface area contributed by atoms with Crippen LogP contribution in [0, 0.1) is 11.3 Å². The Morgan fingerprint density at radius 2 is 1.95 bits per heavy atom. The number of nitrogens with one attached hydrogen (secondary N) is 1. The number of pyridine rings is 1. The highest BCUT2D eigenvalue weighted by atomic mass is 14.9. The molecule has 21 heavy (non-hydrogen) atoms. The fraction of sp³-hybridized carbons (Fsp3) is 0.111. The highest BCUT2D eigenvalue weighted by molar-refractivity contribution is 5.88. The number of anilines is 1. The van der Waals surface area contributed by atoms with Gasteiger partial charge in [0.1, 0.15) is 11.8 Å². The molecule has 0 saturated carbocycles. The molecule has 3 heteroatoms. The van der Waals surface area contributed by atoms with Crippen LogP contribution in [-0.4, -0.2) is 11.5 Å². The van der Waals surface area contributed by atoms with E-state index in [4.69, 9.17) is 0 Å². The monoisotopic (exact) mass is 271 g/mol. The number of para-hydroxylation sites is 1. The Kier molecular flexibility index (Phi) is 2.61. The molecule has 1 aromatic heterocycles. The van der Waals surface area contributed by atoms with Gasteiger partial charge in [-0.05, 0) is 35.7 Å². The number of hydrogen-bond acceptors (Lipinski definition) is 3. The Bertz CT molecular complexity index is 891. The van der Waals surface area contributed by atoms with E-state index in [1.807, 2.05) is 30.3 Å². The molecule has 0 fully saturated rings. The van der Waals surface area contributed by atoms with Gasteiger partial charge in [0, 0.05) is 23.2 Å². The van der Waals surface area contributed by atoms with Gasteiger partial charge in [-0.25, -0.2) is 4.98 Å². The summed E-state index contributed by atoms with van der Waals surface area (Å²) in [5.41, 5.74) is 5.86. The highest BCUT2D eigenvalue weighted by Crippen LogP contribution is 2.35. The molecule has 3 aromatic rings. The normalized spacial score (nSPS) is 12.7. The molecule has 1 N–H and O–H groups in total. The van der Waals surface area contributed by atoms with Crippen LogP contribution in [0.15, 0.2) is 48.5 Å². The van der Waals surface area contributed by atoms with Gasteiger partial charge in [-0.1, -0.05) is 30.3 Å². The maximum Gasteiger partial charge on any atom is 0.149 e. The van der Waals surface area contributed by atoms with Crippen molar-refractivity contribution < 1.29 is 0 Å². The average molecular weight is 271 g/mol. The summed E-state index contributed by atoms with van der Waals surface area (Å²) in [5.74, 6) is 0. The van der Waals surface area contributed by atoms with Crippen LogP contribution in [0.4, 0.5) is 5.69 Å². The van der Waals surface area contributed by atoms with Gasteiger partial charge in [-0.3, -0.25) is 0 Å². The molecule has 0 aliphatic carbocycles. The van der Waals surface area contributed by atoms with Crippen molar-refractivity contribution in [2.45, 2.75) is 6.42 Å². The molecule has 4 rings (SSSR count). The molecule has 2 aromatic carbocycles. The van der Waals surface area contributed by atoms with Gasteiger partial charge in [0.15, 0.2) is 0 Å². The fourth-order valence-corrected chi connectivity index (χ4v) is 3.00. The maximum absolute atomic E-state index is 9.46. The molecule has 0 spiro atoms. The third-order valence-electron chi connectivity index (χ3n) is 3.99. The highest BCUT2D eigenvalue weighted by Gasteiger charge is 2.18. The van der Waals surface area contributed by atoms with Gasteiger partial charge in [-0.15, -0.1) is 0 Å². The summed E-state index contributed by atoms with van der Waals surface area (Å²) < 4.78 is 0. The van der Waals surface area contributed by atoms with Crippen molar-refractivity contribution in [2.75, 3.05) is 11.9 Å². The third kappa shape index (κ3) is 1.85. The lowest BCUT2D eigenvalue weighted by molar-refractivity contribution is 1.11. The molecule has 0 atom stereocenters. The van der Waals surface area contributed by atoms with Crippen molar-refractivity contribution in [3.8, 4) is 17.2 Å². The molecule has 3 nitrogen and oxygen atoms in total. The number of nitrogens with zero attached hydrogens (tertiary/aromatic N) is 2. The summed E-state index contributed by atoms with van der Waals surface area (Å²) in [6.45, 7) is 0.954. The van der Waals surface area contributed by atoms with Crippen LogP contribution in [0.5, 0.6) is 0 Å². The molecule has 2 heterocycles. The minimum atomic E-state index is 0.494. The van der Waals surface area contributed by atoms with E-state index < -0.39 is 0 Å². The number of nitriles is 1. The van der Waals surface area contributed by atoms with Gasteiger partial charge in [0.25, 0.3) is 0 Å². The lowest BCUT2D eigenvalue weighted by Gasteiger charge is -2.10. The van der Waals surface area contributed by atoms with E-state index in [0.29, 0.717) is 5.69 Å². The van der Waals surface area contributed by atoms with E-state index in [1.165, 1.54) is 11.3 Å². The number of fused-ring (bicyclic) bond motifs is 2. The van der Waals surface area contributed by atoms with Gasteiger partial charge < -0.3 is 5.32 Å². The zero-order valence-electron chi connectivity index (χ0n) is 11.4. The predicted octanol–water partition coefficient (Wildman–Crippen LogP) is 3.74. The number of rotatable bonds is 1. The first-order valence-corrected chi connectivity index (χ1v) is 7.03. The summed E-state index contributed by atoms with van der Waals surface area (Å²) in [6, 6.07) is 18.4. The van der Waals surface area contributed by atoms with Crippen LogP contribution in [0.1, 0.15) is 11.3 Å². The van der Waals surface area contributed by atoms with Gasteiger partial charge in [0.05, 0.1) is 5.52 Å². The fourth-order valence-electron chi connectivity index (χ4n) is 3.00. The standard InChI is InChI=1S/C18H13N3/c19-11-18-15(10-12-4-1-2-6-16(12)21-18)13-5-3-7-17-14(13)8-9-20-17/h1-7,10,20H,8-9H2. The van der Waals surface area contributed by atoms with Crippen molar-refractivity contribution in [3.05, 3.63) is 59.8 Å². The topological polar surface area (TPSA) is 48.7 Å². The molecule has 100 valence electrons. The molecule has 0 radical (unpaired) electrons. The summed E-state index contributed by atoms with van der Waals surface area (Å²) >= 11 is 0. The minimum Gasteiger partial charge on any atom is -0.384 e. The van der Waals surface area contributed by atoms with E-state index >= 15 is 0 Å². The van der Waals surface area contributed by atoms with Crippen molar-refractivity contribution in [1.82, 2.24) is 4.98 Å². The van der Waals surface area contributed by atoms with Gasteiger partial charge in [0.2, 0.25) is 0 Å². The third-order valence-corrected chi connectivity index (χ3v) is 3.99. The van der Waals surface area contributed by atoms with Crippen LogP contribution in [0.2, 0.25) is 0 Å². The molecule has 0 bridgehead atoms. The second-order valence-corrected chi connectivity index (χ2v) is 5.20. The van der Waals surface area contributed by atoms with Crippen molar-refractivity contribution in [2.24, 2.45) is 0 Å². The first-order valence-electron chi connectivity index (χ1n) is 7.03. The van der Waals surface area contributed by atoms with E-state index in [-0.39, 0.29) is 0 Å². The lowest BCUT2D eigenvalue weighted by atomic mass is 9.95. The lowest BCUT2D eigenvalue weighted by Crippen LogP contribution is -1.94. The van der Waals surface area contributed by atoms with Crippen LogP contribution in [-0.2, 0) is 6.42 Å². The Morgan fingerprint density at radius 1 is 1.05 bits per heavy atom. The smallest absolute Gasteiger partial charge is 0.149 e. The second kappa shape index (κ2) is 4.60. The predicted molar refractivity (Wildman–Crippen MR) is 84.1 cm³/mol. The van der Waals surface area contributed by atoms with Gasteiger partial charge in [-0.2, -0.15) is 5.26 Å². The average Bonchev–Trinajstić information content (AvgIpc) is 3.02. The summed E-state index contributed by atoms with van der Waals surface area (Å²) in [6.07, 6.45) is 0.989. The van der Waals surface area contributed by atoms with Crippen LogP contribution in [0.25, 0.3) is 22.0 Å². The first kappa shape index (κ1) is 11.9. The number of aromatic nitrogens is 1. The first-order chi connectivity index (χ1) is 10.4. The van der Waals surface area contributed by atoms with Crippen molar-refractivity contribution in [3.63, 3.8) is 0 Å². The minimum absolute atomic E-state index is 0.494. The molecular weight excluding hydrogens is 258 g/mol. The van der Waals surface area contributed by atoms with Crippen LogP contribution in [0.3, 0.4) is 0 Å². The van der Waals surface area contributed by atoms with Crippen molar-refractivity contribution >= 4 is 16.6 Å². The Morgan fingerprint density at radius 3 is 2.86 bits per heavy atom. The Labute approximate surface area is 122 Å². The van der Waals surface area contributed by atoms with E-state index in [9.17, 15) is 5.26 Å². The Hall–Kier alpha value is -2.86. The SMILES string of the molecule is N#Cc1nc2ccccc2cc1-c1cccc2c1CCN2. The number of hydrogen-bond donors (Lipinski definition) is 1. The van der Waals surface area contributed by atoms with Crippen molar-refractivity contribution in [1.29, 1.82) is 5.26 Å². The molecule has 0 unspecified atom stereocenters. The molecule has 0 saturated heterocycles. The zero-order valence-corrected chi connectivity index (χ0v) is 11.4. The van der Waals surface area contributed by atoms with Crippen LogP contribution >= 0.6 is 0 Å². The van der Waals surface area contributed by atoms with E-state index in [1.54, 1.807) is 0 Å². The largest absolute Gasteiger partial charge is 0.384 e. The second-order valence-electron chi connectivity index (χ2n) is 5.20. The maximum atomic E-state index is 9.46. The summed E-state index contributed by atoms with van der Waals surface area (Å²) in [7, 11) is 0. The van der Waals surface area contributed by atoms with E-state index in [0.717, 1.165) is 35.0 Å². The zero-order chi connectivity index (χ0) is 14.2. The quantitative estimate of drug-likeness (QED) is 0.733. The Balaban J connectivity index is 2.03. The molecule has 1 aliphatic rings. The van der Waals surface area contributed by atoms with E-state index in [2.05, 4.69) is 34.6 Å². The van der Waals surface area contributed by atoms with Crippen LogP contribution < -0.4 is 5.32 Å². The summed E-state index contributed by atoms with van der Waals surface area (Å²) in [5, 5.41) is 13.9. The molecule has 0 amide bonds. The summed E-state index contributed by atoms with van der Waals surface area (Å²) in [4.78, 5) is 4.51. The molecular formula is C18H13N3. The molecule has 1 aliphatic heterocycles.